The SMILES string of the molecule is CCCCNC(=O)CC1NC(=O)NC1=O. The van der Waals surface area contributed by atoms with E-state index in [9.17, 15) is 14.4 Å². The first kappa shape index (κ1) is 11.5. The predicted molar refractivity (Wildman–Crippen MR) is 53.0 cm³/mol. The van der Waals surface area contributed by atoms with Gasteiger partial charge >= 0.3 is 6.03 Å². The third kappa shape index (κ3) is 3.57. The average Bonchev–Trinajstić information content (AvgIpc) is 2.45. The second-order valence-corrected chi connectivity index (χ2v) is 3.42. The van der Waals surface area contributed by atoms with Gasteiger partial charge in [0.25, 0.3) is 5.91 Å². The fourth-order valence-corrected chi connectivity index (χ4v) is 1.26. The zero-order chi connectivity index (χ0) is 11.3. The van der Waals surface area contributed by atoms with Gasteiger partial charge in [0.15, 0.2) is 0 Å². The molecule has 1 saturated heterocycles. The van der Waals surface area contributed by atoms with Crippen molar-refractivity contribution in [2.45, 2.75) is 32.2 Å². The van der Waals surface area contributed by atoms with Crippen molar-refractivity contribution in [3.05, 3.63) is 0 Å². The molecule has 1 unspecified atom stereocenters. The zero-order valence-electron chi connectivity index (χ0n) is 8.63. The number of nitrogens with one attached hydrogen (secondary N) is 3. The molecule has 84 valence electrons. The van der Waals surface area contributed by atoms with Crippen LogP contribution in [0.4, 0.5) is 4.79 Å². The van der Waals surface area contributed by atoms with Gasteiger partial charge in [0.1, 0.15) is 6.04 Å². The minimum Gasteiger partial charge on any atom is -0.356 e. The second kappa shape index (κ2) is 5.33. The molecule has 0 saturated carbocycles. The first-order valence-electron chi connectivity index (χ1n) is 5.01. The maximum atomic E-state index is 11.3. The molecular formula is C9H15N3O3. The lowest BCUT2D eigenvalue weighted by Crippen LogP contribution is -2.36. The lowest BCUT2D eigenvalue weighted by molar-refractivity contribution is -0.126. The van der Waals surface area contributed by atoms with Crippen molar-refractivity contribution in [2.24, 2.45) is 0 Å². The Balaban J connectivity index is 2.26. The molecule has 1 rings (SSSR count). The highest BCUT2D eigenvalue weighted by Crippen LogP contribution is 1.98. The zero-order valence-corrected chi connectivity index (χ0v) is 8.63. The van der Waals surface area contributed by atoms with Gasteiger partial charge in [-0.1, -0.05) is 13.3 Å². The Hall–Kier alpha value is -1.59. The van der Waals surface area contributed by atoms with E-state index >= 15 is 0 Å². The summed E-state index contributed by atoms with van der Waals surface area (Å²) in [5.41, 5.74) is 0. The molecule has 6 heteroatoms. The molecule has 3 N–H and O–H groups in total. The summed E-state index contributed by atoms with van der Waals surface area (Å²) in [5, 5.41) is 7.11. The Morgan fingerprint density at radius 1 is 1.47 bits per heavy atom. The van der Waals surface area contributed by atoms with E-state index in [-0.39, 0.29) is 12.3 Å². The number of hydrogen-bond acceptors (Lipinski definition) is 3. The molecule has 0 aromatic carbocycles. The maximum Gasteiger partial charge on any atom is 0.322 e. The third-order valence-corrected chi connectivity index (χ3v) is 2.10. The molecule has 6 nitrogen and oxygen atoms in total. The van der Waals surface area contributed by atoms with Crippen LogP contribution in [0.1, 0.15) is 26.2 Å². The summed E-state index contributed by atoms with van der Waals surface area (Å²) in [6, 6.07) is -1.26. The Kier molecular flexibility index (Phi) is 4.08. The maximum absolute atomic E-state index is 11.3. The van der Waals surface area contributed by atoms with E-state index in [1.807, 2.05) is 6.92 Å². The largest absolute Gasteiger partial charge is 0.356 e. The first-order chi connectivity index (χ1) is 7.13. The molecule has 1 fully saturated rings. The quantitative estimate of drug-likeness (QED) is 0.425. The molecule has 0 bridgehead atoms. The lowest BCUT2D eigenvalue weighted by Gasteiger charge is -2.07. The van der Waals surface area contributed by atoms with Crippen molar-refractivity contribution < 1.29 is 14.4 Å². The standard InChI is InChI=1S/C9H15N3O3/c1-2-3-4-10-7(13)5-6-8(14)12-9(15)11-6/h6H,2-5H2,1H3,(H,10,13)(H2,11,12,14,15). The molecule has 4 amide bonds. The molecule has 1 atom stereocenters. The lowest BCUT2D eigenvalue weighted by atomic mass is 10.2. The van der Waals surface area contributed by atoms with E-state index in [2.05, 4.69) is 16.0 Å². The molecule has 15 heavy (non-hydrogen) atoms. The number of carbonyl (C=O) groups is 3. The van der Waals surface area contributed by atoms with Gasteiger partial charge in [0, 0.05) is 6.54 Å². The van der Waals surface area contributed by atoms with E-state index < -0.39 is 18.0 Å². The highest BCUT2D eigenvalue weighted by molar-refractivity contribution is 6.05. The molecular weight excluding hydrogens is 198 g/mol. The molecule has 0 aromatic rings. The van der Waals surface area contributed by atoms with Crippen LogP contribution in [0.2, 0.25) is 0 Å². The van der Waals surface area contributed by atoms with Crippen LogP contribution in [0.25, 0.3) is 0 Å². The number of carbonyl (C=O) groups excluding carboxylic acids is 3. The monoisotopic (exact) mass is 213 g/mol. The summed E-state index contributed by atoms with van der Waals surface area (Å²) in [7, 11) is 0. The van der Waals surface area contributed by atoms with E-state index in [0.29, 0.717) is 6.54 Å². The third-order valence-electron chi connectivity index (χ3n) is 2.10. The van der Waals surface area contributed by atoms with Gasteiger partial charge < -0.3 is 10.6 Å². The van der Waals surface area contributed by atoms with Gasteiger partial charge in [-0.2, -0.15) is 0 Å². The summed E-state index contributed by atoms with van der Waals surface area (Å²) in [6.07, 6.45) is 1.91. The van der Waals surface area contributed by atoms with E-state index in [4.69, 9.17) is 0 Å². The van der Waals surface area contributed by atoms with Gasteiger partial charge in [-0.15, -0.1) is 0 Å². The van der Waals surface area contributed by atoms with Crippen LogP contribution in [-0.2, 0) is 9.59 Å². The molecule has 0 aromatic heterocycles. The summed E-state index contributed by atoms with van der Waals surface area (Å²) >= 11 is 0. The fraction of sp³-hybridized carbons (Fsp3) is 0.667. The Labute approximate surface area is 87.8 Å². The van der Waals surface area contributed by atoms with Crippen LogP contribution >= 0.6 is 0 Å². The van der Waals surface area contributed by atoms with Crippen LogP contribution in [-0.4, -0.2) is 30.4 Å². The van der Waals surface area contributed by atoms with Crippen LogP contribution < -0.4 is 16.0 Å². The smallest absolute Gasteiger partial charge is 0.322 e. The molecule has 0 aliphatic carbocycles. The van der Waals surface area contributed by atoms with Gasteiger partial charge in [0.2, 0.25) is 5.91 Å². The van der Waals surface area contributed by atoms with Gasteiger partial charge in [0.05, 0.1) is 6.42 Å². The Morgan fingerprint density at radius 2 is 2.20 bits per heavy atom. The van der Waals surface area contributed by atoms with Crippen molar-refractivity contribution in [3.8, 4) is 0 Å². The van der Waals surface area contributed by atoms with Crippen LogP contribution in [0.3, 0.4) is 0 Å². The fourth-order valence-electron chi connectivity index (χ4n) is 1.26. The van der Waals surface area contributed by atoms with Crippen LogP contribution in [0.5, 0.6) is 0 Å². The van der Waals surface area contributed by atoms with Crippen molar-refractivity contribution in [1.29, 1.82) is 0 Å². The number of hydrogen-bond donors (Lipinski definition) is 3. The second-order valence-electron chi connectivity index (χ2n) is 3.42. The number of amides is 4. The normalized spacial score (nSPS) is 19.7. The van der Waals surface area contributed by atoms with Crippen LogP contribution in [0.15, 0.2) is 0 Å². The summed E-state index contributed by atoms with van der Waals surface area (Å²) < 4.78 is 0. The van der Waals surface area contributed by atoms with E-state index in [0.717, 1.165) is 12.8 Å². The van der Waals surface area contributed by atoms with Gasteiger partial charge in [-0.25, -0.2) is 4.79 Å². The molecule has 0 radical (unpaired) electrons. The predicted octanol–water partition coefficient (Wildman–Crippen LogP) is -0.499. The average molecular weight is 213 g/mol. The number of rotatable bonds is 5. The van der Waals surface area contributed by atoms with Crippen molar-refractivity contribution in [2.75, 3.05) is 6.54 Å². The highest BCUT2D eigenvalue weighted by atomic mass is 16.2. The molecule has 0 spiro atoms. The number of unbranched alkanes of at least 4 members (excludes halogenated alkanes) is 1. The Bertz CT molecular complexity index is 278. The van der Waals surface area contributed by atoms with Crippen molar-refractivity contribution in [1.82, 2.24) is 16.0 Å². The van der Waals surface area contributed by atoms with Gasteiger partial charge in [-0.05, 0) is 6.42 Å². The van der Waals surface area contributed by atoms with Crippen molar-refractivity contribution >= 4 is 17.8 Å². The van der Waals surface area contributed by atoms with E-state index in [1.165, 1.54) is 0 Å². The highest BCUT2D eigenvalue weighted by Gasteiger charge is 2.30. The summed E-state index contributed by atoms with van der Waals surface area (Å²) in [4.78, 5) is 33.1. The number of urea groups is 1. The minimum atomic E-state index is -0.723. The summed E-state index contributed by atoms with van der Waals surface area (Å²) in [6.45, 7) is 2.63. The van der Waals surface area contributed by atoms with Gasteiger partial charge in [-0.3, -0.25) is 14.9 Å². The van der Waals surface area contributed by atoms with Crippen LogP contribution in [0, 0.1) is 0 Å². The topological polar surface area (TPSA) is 87.3 Å². The van der Waals surface area contributed by atoms with Crippen molar-refractivity contribution in [3.63, 3.8) is 0 Å². The summed E-state index contributed by atoms with van der Waals surface area (Å²) in [5.74, 6) is -0.656. The Morgan fingerprint density at radius 3 is 2.73 bits per heavy atom. The molecule has 1 aliphatic heterocycles. The minimum absolute atomic E-state index is 0.00128. The molecule has 1 aliphatic rings. The van der Waals surface area contributed by atoms with E-state index in [1.54, 1.807) is 0 Å². The number of imide groups is 1. The molecule has 1 heterocycles. The first-order valence-corrected chi connectivity index (χ1v) is 5.01.